The number of benzene rings is 2. The van der Waals surface area contributed by atoms with Gasteiger partial charge in [-0.1, -0.05) is 30.3 Å². The van der Waals surface area contributed by atoms with Gasteiger partial charge in [0.1, 0.15) is 5.82 Å². The van der Waals surface area contributed by atoms with Crippen LogP contribution < -0.4 is 5.32 Å². The normalized spacial score (nSPS) is 14.0. The van der Waals surface area contributed by atoms with Crippen LogP contribution in [0.15, 0.2) is 42.5 Å². The Labute approximate surface area is 127 Å². The Morgan fingerprint density at radius 3 is 2.77 bits per heavy atom. The summed E-state index contributed by atoms with van der Waals surface area (Å²) in [6.07, 6.45) is 0. The van der Waals surface area contributed by atoms with Crippen molar-refractivity contribution in [2.24, 2.45) is 0 Å². The van der Waals surface area contributed by atoms with E-state index in [0.29, 0.717) is 18.7 Å². The molecule has 1 amide bonds. The third kappa shape index (κ3) is 1.90. The zero-order chi connectivity index (χ0) is 15.1. The molecule has 1 aliphatic heterocycles. The summed E-state index contributed by atoms with van der Waals surface area (Å²) in [7, 11) is 0. The number of imidazole rings is 1. The molecule has 1 aromatic heterocycles. The van der Waals surface area contributed by atoms with Gasteiger partial charge >= 0.3 is 0 Å². The summed E-state index contributed by atoms with van der Waals surface area (Å²) in [5, 5.41) is 12.1. The number of nitrogens with one attached hydrogen (secondary N) is 1. The van der Waals surface area contributed by atoms with Crippen molar-refractivity contribution in [1.29, 1.82) is 0 Å². The number of aliphatic hydroxyl groups excluding tert-OH is 1. The summed E-state index contributed by atoms with van der Waals surface area (Å²) < 4.78 is 2.09. The van der Waals surface area contributed by atoms with Crippen molar-refractivity contribution in [2.45, 2.75) is 13.2 Å². The molecule has 2 N–H and O–H groups in total. The van der Waals surface area contributed by atoms with Crippen LogP contribution in [0, 0.1) is 0 Å². The average Bonchev–Trinajstić information content (AvgIpc) is 2.84. The number of carbonyl (C=O) groups is 1. The number of para-hydroxylation sites is 1. The van der Waals surface area contributed by atoms with Gasteiger partial charge in [-0.25, -0.2) is 4.98 Å². The van der Waals surface area contributed by atoms with E-state index in [0.717, 1.165) is 28.0 Å². The van der Waals surface area contributed by atoms with Gasteiger partial charge in [-0.15, -0.1) is 0 Å². The number of hydrogen-bond donors (Lipinski definition) is 2. The standard InChI is InChI=1S/C17H15N3O2/c21-10-11-4-6-12(7-5-11)16-19-14-3-1-2-13-15(14)20(16)9-8-18-17(13)22/h1-7,21H,8-10H2,(H,18,22). The van der Waals surface area contributed by atoms with Crippen molar-refractivity contribution in [3.05, 3.63) is 53.6 Å². The fourth-order valence-corrected chi connectivity index (χ4v) is 2.94. The lowest BCUT2D eigenvalue weighted by Crippen LogP contribution is -2.24. The number of rotatable bonds is 2. The van der Waals surface area contributed by atoms with Gasteiger partial charge in [0.2, 0.25) is 0 Å². The van der Waals surface area contributed by atoms with E-state index in [1.54, 1.807) is 0 Å². The molecule has 0 atom stereocenters. The summed E-state index contributed by atoms with van der Waals surface area (Å²) in [4.78, 5) is 16.8. The lowest BCUT2D eigenvalue weighted by molar-refractivity contribution is 0.0956. The van der Waals surface area contributed by atoms with Crippen LogP contribution in [0.1, 0.15) is 15.9 Å². The first-order valence-electron chi connectivity index (χ1n) is 7.25. The Morgan fingerprint density at radius 1 is 1.18 bits per heavy atom. The molecule has 0 saturated carbocycles. The molecule has 0 fully saturated rings. The zero-order valence-corrected chi connectivity index (χ0v) is 11.9. The molecule has 0 spiro atoms. The van der Waals surface area contributed by atoms with Crippen LogP contribution in [0.2, 0.25) is 0 Å². The maximum absolute atomic E-state index is 12.1. The van der Waals surface area contributed by atoms with E-state index in [1.807, 2.05) is 42.5 Å². The van der Waals surface area contributed by atoms with Crippen LogP contribution in [0.3, 0.4) is 0 Å². The lowest BCUT2D eigenvalue weighted by atomic mass is 10.1. The highest BCUT2D eigenvalue weighted by atomic mass is 16.3. The zero-order valence-electron chi connectivity index (χ0n) is 11.9. The second-order valence-electron chi connectivity index (χ2n) is 5.37. The Balaban J connectivity index is 1.96. The number of hydrogen-bond acceptors (Lipinski definition) is 3. The Bertz CT molecular complexity index is 865. The van der Waals surface area contributed by atoms with Crippen molar-refractivity contribution >= 4 is 16.9 Å². The van der Waals surface area contributed by atoms with Crippen LogP contribution in [0.5, 0.6) is 0 Å². The lowest BCUT2D eigenvalue weighted by Gasteiger charge is -2.07. The molecule has 110 valence electrons. The van der Waals surface area contributed by atoms with Crippen molar-refractivity contribution in [2.75, 3.05) is 6.54 Å². The third-order valence-corrected chi connectivity index (χ3v) is 4.03. The fourth-order valence-electron chi connectivity index (χ4n) is 2.94. The van der Waals surface area contributed by atoms with Crippen molar-refractivity contribution < 1.29 is 9.90 Å². The third-order valence-electron chi connectivity index (χ3n) is 4.03. The minimum Gasteiger partial charge on any atom is -0.392 e. The van der Waals surface area contributed by atoms with E-state index < -0.39 is 0 Å². The van der Waals surface area contributed by atoms with Crippen LogP contribution in [-0.2, 0) is 13.2 Å². The number of carbonyl (C=O) groups excluding carboxylic acids is 1. The van der Waals surface area contributed by atoms with Crippen molar-refractivity contribution in [3.63, 3.8) is 0 Å². The van der Waals surface area contributed by atoms with E-state index in [4.69, 9.17) is 10.1 Å². The van der Waals surface area contributed by atoms with Gasteiger partial charge in [-0.2, -0.15) is 0 Å². The highest BCUT2D eigenvalue weighted by molar-refractivity contribution is 6.06. The van der Waals surface area contributed by atoms with Gasteiger partial charge in [0.05, 0.1) is 23.2 Å². The first kappa shape index (κ1) is 13.0. The molecule has 0 radical (unpaired) electrons. The topological polar surface area (TPSA) is 67.2 Å². The summed E-state index contributed by atoms with van der Waals surface area (Å²) in [5.74, 6) is 0.801. The highest BCUT2D eigenvalue weighted by Crippen LogP contribution is 2.28. The van der Waals surface area contributed by atoms with E-state index >= 15 is 0 Å². The summed E-state index contributed by atoms with van der Waals surface area (Å²) in [6, 6.07) is 13.3. The quantitative estimate of drug-likeness (QED) is 0.759. The summed E-state index contributed by atoms with van der Waals surface area (Å²) in [6.45, 7) is 1.30. The molecule has 3 aromatic rings. The first-order chi connectivity index (χ1) is 10.8. The van der Waals surface area contributed by atoms with Gasteiger partial charge in [0, 0.05) is 18.7 Å². The molecule has 2 heterocycles. The fraction of sp³-hybridized carbons (Fsp3) is 0.176. The minimum atomic E-state index is -0.0496. The number of nitrogens with zero attached hydrogens (tertiary/aromatic N) is 2. The molecule has 5 nitrogen and oxygen atoms in total. The van der Waals surface area contributed by atoms with Gasteiger partial charge in [0.25, 0.3) is 5.91 Å². The molecular weight excluding hydrogens is 278 g/mol. The number of aliphatic hydroxyl groups is 1. The monoisotopic (exact) mass is 293 g/mol. The first-order valence-corrected chi connectivity index (χ1v) is 7.25. The number of amides is 1. The van der Waals surface area contributed by atoms with Crippen molar-refractivity contribution in [1.82, 2.24) is 14.9 Å². The van der Waals surface area contributed by atoms with Gasteiger partial charge in [-0.3, -0.25) is 4.79 Å². The SMILES string of the molecule is O=C1NCCn2c(-c3ccc(CO)cc3)nc3cccc1c32. The van der Waals surface area contributed by atoms with E-state index in [9.17, 15) is 4.79 Å². The molecule has 4 rings (SSSR count). The van der Waals surface area contributed by atoms with E-state index in [2.05, 4.69) is 9.88 Å². The minimum absolute atomic E-state index is 0.0270. The molecule has 2 aromatic carbocycles. The molecular formula is C17H15N3O2. The summed E-state index contributed by atoms with van der Waals surface area (Å²) >= 11 is 0. The average molecular weight is 293 g/mol. The van der Waals surface area contributed by atoms with Crippen LogP contribution in [-0.4, -0.2) is 27.1 Å². The smallest absolute Gasteiger partial charge is 0.253 e. The predicted octanol–water partition coefficient (Wildman–Crippen LogP) is 1.94. The highest BCUT2D eigenvalue weighted by Gasteiger charge is 2.21. The van der Waals surface area contributed by atoms with E-state index in [-0.39, 0.29) is 12.5 Å². The molecule has 22 heavy (non-hydrogen) atoms. The van der Waals surface area contributed by atoms with Crippen LogP contribution in [0.25, 0.3) is 22.4 Å². The van der Waals surface area contributed by atoms with Gasteiger partial charge in [-0.05, 0) is 17.7 Å². The Morgan fingerprint density at radius 2 is 2.00 bits per heavy atom. The number of aromatic nitrogens is 2. The molecule has 0 bridgehead atoms. The molecule has 0 unspecified atom stereocenters. The Hall–Kier alpha value is -2.66. The molecule has 0 saturated heterocycles. The molecule has 0 aliphatic carbocycles. The van der Waals surface area contributed by atoms with Crippen molar-refractivity contribution in [3.8, 4) is 11.4 Å². The predicted molar refractivity (Wildman–Crippen MR) is 83.4 cm³/mol. The Kier molecular flexibility index (Phi) is 2.94. The van der Waals surface area contributed by atoms with Gasteiger partial charge < -0.3 is 15.0 Å². The second kappa shape index (κ2) is 4.96. The van der Waals surface area contributed by atoms with Crippen LogP contribution in [0.4, 0.5) is 0 Å². The molecule has 1 aliphatic rings. The van der Waals surface area contributed by atoms with Gasteiger partial charge in [0.15, 0.2) is 0 Å². The molecule has 5 heteroatoms. The maximum atomic E-state index is 12.1. The maximum Gasteiger partial charge on any atom is 0.253 e. The summed E-state index contributed by atoms with van der Waals surface area (Å²) in [5.41, 5.74) is 4.23. The second-order valence-corrected chi connectivity index (χ2v) is 5.37. The van der Waals surface area contributed by atoms with E-state index in [1.165, 1.54) is 0 Å². The largest absolute Gasteiger partial charge is 0.392 e. The van der Waals surface area contributed by atoms with Crippen LogP contribution >= 0.6 is 0 Å².